The molecule has 0 atom stereocenters. The van der Waals surface area contributed by atoms with Crippen LogP contribution < -0.4 is 0 Å². The molecule has 0 radical (unpaired) electrons. The minimum atomic E-state index is 0.141. The molecule has 0 N–H and O–H groups in total. The summed E-state index contributed by atoms with van der Waals surface area (Å²) in [7, 11) is 0. The van der Waals surface area contributed by atoms with Crippen LogP contribution in [-0.4, -0.2) is 5.78 Å². The van der Waals surface area contributed by atoms with Crippen molar-refractivity contribution in [3.8, 4) is 0 Å². The Bertz CT molecular complexity index is 177. The molecule has 66 valence electrons. The molecule has 0 fully saturated rings. The van der Waals surface area contributed by atoms with Crippen LogP contribution in [0.4, 0.5) is 0 Å². The summed E-state index contributed by atoms with van der Waals surface area (Å²) in [6.07, 6.45) is 10.8. The van der Waals surface area contributed by atoms with Crippen molar-refractivity contribution in [3.05, 3.63) is 37.5 Å². The lowest BCUT2D eigenvalue weighted by Crippen LogP contribution is -1.90. The molecule has 1 heteroatoms. The second-order valence-corrected chi connectivity index (χ2v) is 2.58. The first-order chi connectivity index (χ1) is 5.81. The Kier molecular flexibility index (Phi) is 7.25. The average Bonchev–Trinajstić information content (AvgIpc) is 2.10. The first-order valence-corrected chi connectivity index (χ1v) is 4.24. The summed E-state index contributed by atoms with van der Waals surface area (Å²) in [4.78, 5) is 10.7. The van der Waals surface area contributed by atoms with Crippen molar-refractivity contribution in [2.45, 2.75) is 25.7 Å². The molecule has 0 spiro atoms. The maximum absolute atomic E-state index is 10.7. The molecule has 0 amide bonds. The molecule has 0 unspecified atom stereocenters. The van der Waals surface area contributed by atoms with Crippen molar-refractivity contribution >= 4 is 5.78 Å². The molecule has 0 rings (SSSR count). The Morgan fingerprint density at radius 2 is 2.00 bits per heavy atom. The number of rotatable bonds is 7. The van der Waals surface area contributed by atoms with Gasteiger partial charge >= 0.3 is 0 Å². The van der Waals surface area contributed by atoms with E-state index in [0.717, 1.165) is 19.3 Å². The number of unbranched alkanes of at least 4 members (excludes halogenated alkanes) is 2. The Morgan fingerprint density at radius 3 is 2.58 bits per heavy atom. The van der Waals surface area contributed by atoms with Crippen LogP contribution in [0.5, 0.6) is 0 Å². The number of hydrogen-bond donors (Lipinski definition) is 0. The van der Waals surface area contributed by atoms with Crippen LogP contribution in [0.1, 0.15) is 25.7 Å². The maximum Gasteiger partial charge on any atom is 0.155 e. The van der Waals surface area contributed by atoms with Crippen LogP contribution in [0.15, 0.2) is 37.5 Å². The summed E-state index contributed by atoms with van der Waals surface area (Å²) >= 11 is 0. The van der Waals surface area contributed by atoms with Crippen LogP contribution in [-0.2, 0) is 4.79 Å². The highest BCUT2D eigenvalue weighted by Gasteiger charge is 1.93. The number of ketones is 1. The molecule has 0 aromatic carbocycles. The Balaban J connectivity index is 3.21. The van der Waals surface area contributed by atoms with Crippen LogP contribution >= 0.6 is 0 Å². The largest absolute Gasteiger partial charge is 0.295 e. The molecule has 0 aromatic heterocycles. The van der Waals surface area contributed by atoms with Crippen molar-refractivity contribution in [1.29, 1.82) is 0 Å². The van der Waals surface area contributed by atoms with E-state index in [1.54, 1.807) is 6.08 Å². The van der Waals surface area contributed by atoms with E-state index < -0.39 is 0 Å². The molecule has 0 heterocycles. The predicted molar refractivity (Wildman–Crippen MR) is 53.0 cm³/mol. The second-order valence-electron chi connectivity index (χ2n) is 2.58. The molecule has 12 heavy (non-hydrogen) atoms. The van der Waals surface area contributed by atoms with Crippen LogP contribution in [0, 0.1) is 0 Å². The van der Waals surface area contributed by atoms with Gasteiger partial charge in [0, 0.05) is 6.42 Å². The molecule has 0 saturated heterocycles. The van der Waals surface area contributed by atoms with Gasteiger partial charge < -0.3 is 0 Å². The predicted octanol–water partition coefficient (Wildman–Crippen LogP) is 3.04. The Morgan fingerprint density at radius 1 is 1.25 bits per heavy atom. The fraction of sp³-hybridized carbons (Fsp3) is 0.364. The third kappa shape index (κ3) is 7.00. The van der Waals surface area contributed by atoms with Crippen LogP contribution in [0.3, 0.4) is 0 Å². The topological polar surface area (TPSA) is 17.1 Å². The summed E-state index contributed by atoms with van der Waals surface area (Å²) in [6.45, 7) is 6.98. The summed E-state index contributed by atoms with van der Waals surface area (Å²) < 4.78 is 0. The van der Waals surface area contributed by atoms with Gasteiger partial charge in [0.25, 0.3) is 0 Å². The zero-order valence-corrected chi connectivity index (χ0v) is 7.46. The molecule has 0 saturated carbocycles. The highest BCUT2D eigenvalue weighted by molar-refractivity contribution is 5.88. The SMILES string of the molecule is C=C/C=C/CCCCC(=O)C=C. The second kappa shape index (κ2) is 7.99. The minimum Gasteiger partial charge on any atom is -0.295 e. The lowest BCUT2D eigenvalue weighted by atomic mass is 10.1. The maximum atomic E-state index is 10.7. The molecule has 0 aliphatic carbocycles. The summed E-state index contributed by atoms with van der Waals surface area (Å²) in [5.74, 6) is 0.141. The highest BCUT2D eigenvalue weighted by atomic mass is 16.1. The Hall–Kier alpha value is -1.11. The summed E-state index contributed by atoms with van der Waals surface area (Å²) in [6, 6.07) is 0. The van der Waals surface area contributed by atoms with Gasteiger partial charge in [-0.2, -0.15) is 0 Å². The van der Waals surface area contributed by atoms with Gasteiger partial charge in [0.2, 0.25) is 0 Å². The van der Waals surface area contributed by atoms with Crippen LogP contribution in [0.25, 0.3) is 0 Å². The van der Waals surface area contributed by atoms with Gasteiger partial charge in [0.1, 0.15) is 0 Å². The minimum absolute atomic E-state index is 0.141. The van der Waals surface area contributed by atoms with Gasteiger partial charge in [0.05, 0.1) is 0 Å². The average molecular weight is 164 g/mol. The summed E-state index contributed by atoms with van der Waals surface area (Å²) in [5.41, 5.74) is 0. The van der Waals surface area contributed by atoms with E-state index in [2.05, 4.69) is 19.2 Å². The molecular weight excluding hydrogens is 148 g/mol. The normalized spacial score (nSPS) is 10.0. The number of allylic oxidation sites excluding steroid dienone is 4. The van der Waals surface area contributed by atoms with E-state index in [9.17, 15) is 4.79 Å². The third-order valence-corrected chi connectivity index (χ3v) is 1.54. The molecular formula is C11H16O. The fourth-order valence-electron chi connectivity index (χ4n) is 0.856. The number of carbonyl (C=O) groups is 1. The van der Waals surface area contributed by atoms with E-state index in [-0.39, 0.29) is 5.78 Å². The lowest BCUT2D eigenvalue weighted by Gasteiger charge is -1.93. The molecule has 1 nitrogen and oxygen atoms in total. The van der Waals surface area contributed by atoms with Crippen molar-refractivity contribution in [2.24, 2.45) is 0 Å². The molecule has 0 aromatic rings. The fourth-order valence-corrected chi connectivity index (χ4v) is 0.856. The standard InChI is InChI=1S/C11H16O/c1-3-5-6-7-8-9-10-11(12)4-2/h3-6H,1-2,7-10H2/b6-5+. The smallest absolute Gasteiger partial charge is 0.155 e. The zero-order valence-electron chi connectivity index (χ0n) is 7.46. The van der Waals surface area contributed by atoms with Crippen molar-refractivity contribution in [1.82, 2.24) is 0 Å². The van der Waals surface area contributed by atoms with Crippen molar-refractivity contribution < 1.29 is 4.79 Å². The van der Waals surface area contributed by atoms with E-state index in [1.807, 2.05) is 6.08 Å². The quantitative estimate of drug-likeness (QED) is 0.321. The van der Waals surface area contributed by atoms with Gasteiger partial charge in [0.15, 0.2) is 5.78 Å². The highest BCUT2D eigenvalue weighted by Crippen LogP contribution is 2.01. The van der Waals surface area contributed by atoms with Crippen molar-refractivity contribution in [3.63, 3.8) is 0 Å². The van der Waals surface area contributed by atoms with E-state index in [1.165, 1.54) is 6.08 Å². The first-order valence-electron chi connectivity index (χ1n) is 4.24. The monoisotopic (exact) mass is 164 g/mol. The van der Waals surface area contributed by atoms with Crippen molar-refractivity contribution in [2.75, 3.05) is 0 Å². The Labute approximate surface area is 74.5 Å². The third-order valence-electron chi connectivity index (χ3n) is 1.54. The molecule has 0 aliphatic rings. The zero-order chi connectivity index (χ0) is 9.23. The lowest BCUT2D eigenvalue weighted by molar-refractivity contribution is -0.114. The van der Waals surface area contributed by atoms with Crippen LogP contribution in [0.2, 0.25) is 0 Å². The first kappa shape index (κ1) is 10.9. The van der Waals surface area contributed by atoms with Gasteiger partial charge in [-0.1, -0.05) is 31.4 Å². The molecule has 0 bridgehead atoms. The number of hydrogen-bond acceptors (Lipinski definition) is 1. The van der Waals surface area contributed by atoms with E-state index in [0.29, 0.717) is 6.42 Å². The summed E-state index contributed by atoms with van der Waals surface area (Å²) in [5, 5.41) is 0. The van der Waals surface area contributed by atoms with Gasteiger partial charge in [-0.05, 0) is 25.3 Å². The van der Waals surface area contributed by atoms with Gasteiger partial charge in [-0.3, -0.25) is 4.79 Å². The van der Waals surface area contributed by atoms with Gasteiger partial charge in [-0.25, -0.2) is 0 Å². The van der Waals surface area contributed by atoms with E-state index in [4.69, 9.17) is 0 Å². The molecule has 0 aliphatic heterocycles. The number of carbonyl (C=O) groups excluding carboxylic acids is 1. The van der Waals surface area contributed by atoms with E-state index >= 15 is 0 Å². The van der Waals surface area contributed by atoms with Gasteiger partial charge in [-0.15, -0.1) is 0 Å².